The normalized spacial score (nSPS) is 10.1. The molecule has 0 aliphatic carbocycles. The Balaban J connectivity index is 1.70. The van der Waals surface area contributed by atoms with Crippen LogP contribution in [0.4, 0.5) is 17.1 Å². The van der Waals surface area contributed by atoms with Gasteiger partial charge in [-0.25, -0.2) is 0 Å². The molecular weight excluding hydrogens is 348 g/mol. The first-order chi connectivity index (χ1) is 13.0. The summed E-state index contributed by atoms with van der Waals surface area (Å²) in [5.41, 5.74) is 2.37. The molecule has 0 aliphatic rings. The SMILES string of the molecule is CNC(=O)Cc1ccc(NC(=O)CCCNc2ccc([N+](=O)[O-])cc2)cc1. The molecule has 2 aromatic carbocycles. The third kappa shape index (κ3) is 6.77. The maximum absolute atomic E-state index is 12.0. The van der Waals surface area contributed by atoms with E-state index in [0.717, 1.165) is 11.3 Å². The van der Waals surface area contributed by atoms with Gasteiger partial charge in [-0.3, -0.25) is 19.7 Å². The number of hydrogen-bond acceptors (Lipinski definition) is 5. The Morgan fingerprint density at radius 2 is 1.59 bits per heavy atom. The average molecular weight is 370 g/mol. The van der Waals surface area contributed by atoms with E-state index in [2.05, 4.69) is 16.0 Å². The zero-order valence-electron chi connectivity index (χ0n) is 15.0. The van der Waals surface area contributed by atoms with E-state index in [1.165, 1.54) is 12.1 Å². The Bertz CT molecular complexity index is 788. The quantitative estimate of drug-likeness (QED) is 0.357. The summed E-state index contributed by atoms with van der Waals surface area (Å²) in [6.45, 7) is 0.580. The number of benzene rings is 2. The molecule has 0 aromatic heterocycles. The third-order valence-electron chi connectivity index (χ3n) is 3.87. The summed E-state index contributed by atoms with van der Waals surface area (Å²) in [5.74, 6) is -0.160. The van der Waals surface area contributed by atoms with Gasteiger partial charge in [-0.05, 0) is 36.2 Å². The first-order valence-corrected chi connectivity index (χ1v) is 8.55. The van der Waals surface area contributed by atoms with Crippen LogP contribution < -0.4 is 16.0 Å². The second-order valence-corrected chi connectivity index (χ2v) is 5.93. The topological polar surface area (TPSA) is 113 Å². The van der Waals surface area contributed by atoms with Crippen molar-refractivity contribution in [2.45, 2.75) is 19.3 Å². The molecule has 0 saturated heterocycles. The highest BCUT2D eigenvalue weighted by Crippen LogP contribution is 2.15. The first kappa shape index (κ1) is 19.9. The zero-order chi connectivity index (χ0) is 19.6. The molecule has 8 nitrogen and oxygen atoms in total. The number of nitro benzene ring substituents is 1. The monoisotopic (exact) mass is 370 g/mol. The smallest absolute Gasteiger partial charge is 0.269 e. The highest BCUT2D eigenvalue weighted by molar-refractivity contribution is 5.90. The zero-order valence-corrected chi connectivity index (χ0v) is 15.0. The molecule has 0 saturated carbocycles. The van der Waals surface area contributed by atoms with Gasteiger partial charge in [-0.2, -0.15) is 0 Å². The lowest BCUT2D eigenvalue weighted by atomic mass is 10.1. The number of amides is 2. The van der Waals surface area contributed by atoms with E-state index in [-0.39, 0.29) is 17.5 Å². The van der Waals surface area contributed by atoms with Gasteiger partial charge in [-0.1, -0.05) is 12.1 Å². The summed E-state index contributed by atoms with van der Waals surface area (Å²) in [7, 11) is 1.59. The van der Waals surface area contributed by atoms with Crippen molar-refractivity contribution in [3.05, 3.63) is 64.2 Å². The van der Waals surface area contributed by atoms with Gasteiger partial charge in [0, 0.05) is 43.5 Å². The summed E-state index contributed by atoms with van der Waals surface area (Å²) >= 11 is 0. The number of nitrogens with zero attached hydrogens (tertiary/aromatic N) is 1. The summed E-state index contributed by atoms with van der Waals surface area (Å²) in [6.07, 6.45) is 1.27. The van der Waals surface area contributed by atoms with Crippen LogP contribution in [0.15, 0.2) is 48.5 Å². The van der Waals surface area contributed by atoms with Gasteiger partial charge < -0.3 is 16.0 Å². The Kier molecular flexibility index (Phi) is 7.30. The molecular formula is C19H22N4O4. The highest BCUT2D eigenvalue weighted by Gasteiger charge is 2.05. The van der Waals surface area contributed by atoms with Gasteiger partial charge >= 0.3 is 0 Å². The lowest BCUT2D eigenvalue weighted by Crippen LogP contribution is -2.19. The highest BCUT2D eigenvalue weighted by atomic mass is 16.6. The summed E-state index contributed by atoms with van der Waals surface area (Å²) in [6, 6.07) is 13.3. The van der Waals surface area contributed by atoms with Crippen molar-refractivity contribution in [1.82, 2.24) is 5.32 Å². The first-order valence-electron chi connectivity index (χ1n) is 8.55. The van der Waals surface area contributed by atoms with Crippen molar-refractivity contribution in [3.63, 3.8) is 0 Å². The van der Waals surface area contributed by atoms with E-state index in [1.807, 2.05) is 0 Å². The molecule has 0 bridgehead atoms. The Morgan fingerprint density at radius 1 is 0.963 bits per heavy atom. The van der Waals surface area contributed by atoms with Gasteiger partial charge in [-0.15, -0.1) is 0 Å². The standard InChI is InChI=1S/C19H22N4O4/c1-20-19(25)13-14-4-6-16(7-5-14)22-18(24)3-2-12-21-15-8-10-17(11-9-15)23(26)27/h4-11,21H,2-3,12-13H2,1H3,(H,20,25)(H,22,24). The Labute approximate surface area is 157 Å². The summed E-state index contributed by atoms with van der Waals surface area (Å²) in [5, 5.41) is 19.1. The lowest BCUT2D eigenvalue weighted by molar-refractivity contribution is -0.384. The van der Waals surface area contributed by atoms with Crippen LogP contribution in [0.25, 0.3) is 0 Å². The minimum Gasteiger partial charge on any atom is -0.385 e. The molecule has 0 atom stereocenters. The number of hydrogen-bond donors (Lipinski definition) is 3. The van der Waals surface area contributed by atoms with Crippen LogP contribution in [0.5, 0.6) is 0 Å². The number of rotatable bonds is 9. The Morgan fingerprint density at radius 3 is 2.19 bits per heavy atom. The molecule has 0 radical (unpaired) electrons. The molecule has 0 aliphatic heterocycles. The molecule has 2 aromatic rings. The van der Waals surface area contributed by atoms with E-state index in [9.17, 15) is 19.7 Å². The fraction of sp³-hybridized carbons (Fsp3) is 0.263. The minimum atomic E-state index is -0.445. The van der Waals surface area contributed by atoms with Crippen LogP contribution in [0, 0.1) is 10.1 Å². The van der Waals surface area contributed by atoms with Crippen molar-refractivity contribution in [3.8, 4) is 0 Å². The third-order valence-corrected chi connectivity index (χ3v) is 3.87. The van der Waals surface area contributed by atoms with Crippen molar-refractivity contribution in [2.24, 2.45) is 0 Å². The Hall–Kier alpha value is -3.42. The molecule has 142 valence electrons. The van der Waals surface area contributed by atoms with E-state index in [1.54, 1.807) is 43.4 Å². The van der Waals surface area contributed by atoms with Crippen LogP contribution in [0.1, 0.15) is 18.4 Å². The largest absolute Gasteiger partial charge is 0.385 e. The second kappa shape index (κ2) is 9.91. The van der Waals surface area contributed by atoms with Gasteiger partial charge in [0.2, 0.25) is 11.8 Å². The van der Waals surface area contributed by atoms with Crippen molar-refractivity contribution < 1.29 is 14.5 Å². The second-order valence-electron chi connectivity index (χ2n) is 5.93. The summed E-state index contributed by atoms with van der Waals surface area (Å²) in [4.78, 5) is 33.5. The van der Waals surface area contributed by atoms with E-state index < -0.39 is 4.92 Å². The number of carbonyl (C=O) groups excluding carboxylic acids is 2. The maximum Gasteiger partial charge on any atom is 0.269 e. The van der Waals surface area contributed by atoms with Crippen molar-refractivity contribution in [1.29, 1.82) is 0 Å². The fourth-order valence-electron chi connectivity index (χ4n) is 2.39. The molecule has 8 heteroatoms. The predicted molar refractivity (Wildman–Crippen MR) is 104 cm³/mol. The molecule has 3 N–H and O–H groups in total. The molecule has 2 rings (SSSR count). The average Bonchev–Trinajstić information content (AvgIpc) is 2.67. The van der Waals surface area contributed by atoms with Crippen molar-refractivity contribution >= 4 is 28.9 Å². The van der Waals surface area contributed by atoms with Gasteiger partial charge in [0.1, 0.15) is 0 Å². The lowest BCUT2D eigenvalue weighted by Gasteiger charge is -2.08. The van der Waals surface area contributed by atoms with Gasteiger partial charge in [0.15, 0.2) is 0 Å². The van der Waals surface area contributed by atoms with Gasteiger partial charge in [0.05, 0.1) is 11.3 Å². The van der Waals surface area contributed by atoms with Crippen LogP contribution in [-0.2, 0) is 16.0 Å². The van der Waals surface area contributed by atoms with Crippen LogP contribution in [0.2, 0.25) is 0 Å². The number of nitrogens with one attached hydrogen (secondary N) is 3. The molecule has 0 fully saturated rings. The van der Waals surface area contributed by atoms with E-state index in [0.29, 0.717) is 31.5 Å². The number of non-ortho nitro benzene ring substituents is 1. The number of anilines is 2. The maximum atomic E-state index is 12.0. The fourth-order valence-corrected chi connectivity index (χ4v) is 2.39. The predicted octanol–water partition coefficient (Wildman–Crippen LogP) is 2.71. The molecule has 2 amide bonds. The van der Waals surface area contributed by atoms with Crippen LogP contribution in [-0.4, -0.2) is 30.3 Å². The van der Waals surface area contributed by atoms with Gasteiger partial charge in [0.25, 0.3) is 5.69 Å². The molecule has 0 unspecified atom stereocenters. The van der Waals surface area contributed by atoms with E-state index in [4.69, 9.17) is 0 Å². The molecule has 0 heterocycles. The molecule has 0 spiro atoms. The van der Waals surface area contributed by atoms with E-state index >= 15 is 0 Å². The van der Waals surface area contributed by atoms with Crippen LogP contribution >= 0.6 is 0 Å². The number of likely N-dealkylation sites (N-methyl/N-ethyl adjacent to an activating group) is 1. The number of carbonyl (C=O) groups is 2. The van der Waals surface area contributed by atoms with Crippen molar-refractivity contribution in [2.75, 3.05) is 24.2 Å². The molecule has 27 heavy (non-hydrogen) atoms. The summed E-state index contributed by atoms with van der Waals surface area (Å²) < 4.78 is 0. The number of nitro groups is 1. The minimum absolute atomic E-state index is 0.0428. The van der Waals surface area contributed by atoms with Crippen LogP contribution in [0.3, 0.4) is 0 Å².